The lowest BCUT2D eigenvalue weighted by molar-refractivity contribution is -0.142. The number of nitrogens with one attached hydrogen (secondary N) is 6. The van der Waals surface area contributed by atoms with Gasteiger partial charge in [0.05, 0.1) is 25.0 Å². The molecule has 0 aliphatic heterocycles. The van der Waals surface area contributed by atoms with Crippen LogP contribution in [0.2, 0.25) is 0 Å². The number of carboxylic acids is 2. The lowest BCUT2D eigenvalue weighted by atomic mass is 9.81. The summed E-state index contributed by atoms with van der Waals surface area (Å²) in [7, 11) is 0. The maximum atomic E-state index is 12.4. The summed E-state index contributed by atoms with van der Waals surface area (Å²) in [5.74, 6) is -2.58. The number of aliphatic carboxylic acids is 2. The van der Waals surface area contributed by atoms with E-state index in [0.29, 0.717) is 56.7 Å². The van der Waals surface area contributed by atoms with Crippen LogP contribution in [-0.2, 0) is 28.7 Å². The first kappa shape index (κ1) is 51.2. The fourth-order valence-corrected chi connectivity index (χ4v) is 12.3. The summed E-state index contributed by atoms with van der Waals surface area (Å²) in [6.45, 7) is 15.4. The average molecular weight is 859 g/mol. The van der Waals surface area contributed by atoms with Crippen LogP contribution in [0.15, 0.2) is 0 Å². The van der Waals surface area contributed by atoms with Crippen LogP contribution in [0.4, 0.5) is 0 Å². The minimum atomic E-state index is -0.896. The summed E-state index contributed by atoms with van der Waals surface area (Å²) in [5.41, 5.74) is 11.5. The van der Waals surface area contributed by atoms with Gasteiger partial charge in [0.2, 0.25) is 11.8 Å². The molecule has 2 saturated carbocycles. The largest absolute Gasteiger partial charge is 0.481 e. The van der Waals surface area contributed by atoms with Gasteiger partial charge in [0.1, 0.15) is 0 Å². The summed E-state index contributed by atoms with van der Waals surface area (Å²) in [5, 5.41) is 47.8. The maximum Gasteiger partial charge on any atom is 0.307 e. The summed E-state index contributed by atoms with van der Waals surface area (Å²) < 4.78 is 12.0. The van der Waals surface area contributed by atoms with Crippen LogP contribution in [0, 0.1) is 52.2 Å². The SMILES string of the molecule is CCC(CC)[C@@H](NC(C)=O)[C@@H]1[C@H](SCCOCCC(C)CCOCCS[C@H]2[C@@H]([C@H](NC(C)=O)C(CC)CC)[C@H](NC(=N)N)C[C@@H]2C(=O)O)[C@@H](C(=O)O)C[C@H]1NC(=N)N. The van der Waals surface area contributed by atoms with Crippen LogP contribution in [0.1, 0.15) is 99.8 Å². The molecule has 2 aliphatic rings. The van der Waals surface area contributed by atoms with E-state index in [0.717, 1.165) is 38.5 Å². The topological polar surface area (TPSA) is 275 Å². The van der Waals surface area contributed by atoms with E-state index in [1.807, 2.05) is 0 Å². The normalized spacial score (nSPS) is 25.9. The summed E-state index contributed by atoms with van der Waals surface area (Å²) in [4.78, 5) is 49.5. The molecule has 334 valence electrons. The standard InChI is InChI=1S/C40H74N8O8S2/c1-8-25(9-2)33(45-23(6)49)31-29(47-39(41)42)20-27(37(51)52)35(31)57-18-16-55-14-12-22(5)13-15-56-17-19-58-36-28(38(53)54)21-30(48-40(43)44)32(36)34(46-24(7)50)26(10-3)11-4/h22,25-36H,8-21H2,1-7H3,(H,45,49)(H,46,50)(H,51,52)(H,53,54)(H4,41,42,47)(H4,43,44,48)/t27-,28-,29+,30+,31+,32+,33+,34+,35+,36+/m0/s1. The Hall–Kier alpha value is -2.96. The fourth-order valence-electron chi connectivity index (χ4n) is 9.20. The minimum Gasteiger partial charge on any atom is -0.481 e. The molecule has 0 heterocycles. The van der Waals surface area contributed by atoms with E-state index < -0.39 is 23.8 Å². The molecule has 0 unspecified atom stereocenters. The third kappa shape index (κ3) is 15.9. The molecule has 0 radical (unpaired) electrons. The van der Waals surface area contributed by atoms with E-state index in [4.69, 9.17) is 31.8 Å². The van der Waals surface area contributed by atoms with Gasteiger partial charge < -0.3 is 52.4 Å². The Morgan fingerprint density at radius 1 is 0.672 bits per heavy atom. The monoisotopic (exact) mass is 859 g/mol. The van der Waals surface area contributed by atoms with Crippen LogP contribution in [0.25, 0.3) is 0 Å². The second-order valence-corrected chi connectivity index (χ2v) is 18.6. The van der Waals surface area contributed by atoms with Crippen LogP contribution in [0.3, 0.4) is 0 Å². The first-order chi connectivity index (χ1) is 27.5. The number of carbonyl (C=O) groups excluding carboxylic acids is 2. The predicted molar refractivity (Wildman–Crippen MR) is 232 cm³/mol. The highest BCUT2D eigenvalue weighted by Gasteiger charge is 2.53. The Kier molecular flexibility index (Phi) is 23.2. The van der Waals surface area contributed by atoms with Crippen molar-refractivity contribution in [2.75, 3.05) is 37.9 Å². The lowest BCUT2D eigenvalue weighted by Crippen LogP contribution is -2.54. The first-order valence-corrected chi connectivity index (χ1v) is 23.2. The predicted octanol–water partition coefficient (Wildman–Crippen LogP) is 3.67. The second-order valence-electron chi connectivity index (χ2n) is 16.0. The summed E-state index contributed by atoms with van der Waals surface area (Å²) in [6, 6.07) is -1.25. The van der Waals surface area contributed by atoms with Gasteiger partial charge in [0, 0.05) is 85.1 Å². The van der Waals surface area contributed by atoms with E-state index in [9.17, 15) is 29.4 Å². The molecule has 0 spiro atoms. The van der Waals surface area contributed by atoms with Gasteiger partial charge in [-0.05, 0) is 43.4 Å². The van der Waals surface area contributed by atoms with Gasteiger partial charge in [0.25, 0.3) is 0 Å². The highest BCUT2D eigenvalue weighted by Crippen LogP contribution is 2.45. The molecule has 16 nitrogen and oxygen atoms in total. The molecular weight excluding hydrogens is 785 g/mol. The third-order valence-electron chi connectivity index (χ3n) is 12.1. The smallest absolute Gasteiger partial charge is 0.307 e. The molecule has 0 bridgehead atoms. The zero-order valence-corrected chi connectivity index (χ0v) is 37.4. The van der Waals surface area contributed by atoms with Crippen molar-refractivity contribution in [1.82, 2.24) is 21.3 Å². The zero-order valence-electron chi connectivity index (χ0n) is 35.7. The third-order valence-corrected chi connectivity index (χ3v) is 14.9. The van der Waals surface area contributed by atoms with Crippen molar-refractivity contribution in [3.63, 3.8) is 0 Å². The molecule has 2 amide bonds. The molecule has 12 N–H and O–H groups in total. The van der Waals surface area contributed by atoms with Gasteiger partial charge in [-0.3, -0.25) is 30.0 Å². The molecule has 0 aromatic heterocycles. The molecular formula is C40H74N8O8S2. The number of ether oxygens (including phenoxy) is 2. The van der Waals surface area contributed by atoms with Gasteiger partial charge in [0.15, 0.2) is 11.9 Å². The van der Waals surface area contributed by atoms with Crippen molar-refractivity contribution >= 4 is 59.2 Å². The maximum absolute atomic E-state index is 12.4. The number of thioether (sulfide) groups is 2. The number of nitrogens with two attached hydrogens (primary N) is 2. The van der Waals surface area contributed by atoms with Crippen LogP contribution in [-0.4, -0.2) is 118 Å². The van der Waals surface area contributed by atoms with E-state index in [-0.39, 0.29) is 82.1 Å². The van der Waals surface area contributed by atoms with Gasteiger partial charge in [-0.15, -0.1) is 0 Å². The molecule has 10 atom stereocenters. The average Bonchev–Trinajstić information content (AvgIpc) is 3.67. The Morgan fingerprint density at radius 2 is 1.02 bits per heavy atom. The van der Waals surface area contributed by atoms with Gasteiger partial charge in [-0.25, -0.2) is 0 Å². The van der Waals surface area contributed by atoms with Crippen LogP contribution in [0.5, 0.6) is 0 Å². The number of guanidine groups is 2. The van der Waals surface area contributed by atoms with Crippen molar-refractivity contribution in [1.29, 1.82) is 10.8 Å². The van der Waals surface area contributed by atoms with Crippen molar-refractivity contribution in [3.8, 4) is 0 Å². The van der Waals surface area contributed by atoms with E-state index in [2.05, 4.69) is 55.9 Å². The van der Waals surface area contributed by atoms with E-state index in [1.165, 1.54) is 13.8 Å². The Morgan fingerprint density at radius 3 is 1.29 bits per heavy atom. The highest BCUT2D eigenvalue weighted by molar-refractivity contribution is 8.00. The van der Waals surface area contributed by atoms with Gasteiger partial charge in [-0.1, -0.05) is 60.3 Å². The fraction of sp³-hybridized carbons (Fsp3) is 0.850. The van der Waals surface area contributed by atoms with Gasteiger partial charge in [-0.2, -0.15) is 23.5 Å². The number of carbonyl (C=O) groups is 4. The Balaban J connectivity index is 1.90. The van der Waals surface area contributed by atoms with Crippen molar-refractivity contribution < 1.29 is 38.9 Å². The molecule has 2 rings (SSSR count). The molecule has 58 heavy (non-hydrogen) atoms. The van der Waals surface area contributed by atoms with Crippen molar-refractivity contribution in [2.24, 2.45) is 52.9 Å². The lowest BCUT2D eigenvalue weighted by Gasteiger charge is -2.38. The molecule has 18 heteroatoms. The Bertz CT molecular complexity index is 1230. The molecule has 2 aliphatic carbocycles. The zero-order chi connectivity index (χ0) is 43.5. The van der Waals surface area contributed by atoms with E-state index >= 15 is 0 Å². The van der Waals surface area contributed by atoms with Crippen LogP contribution < -0.4 is 32.7 Å². The highest BCUT2D eigenvalue weighted by atomic mass is 32.2. The molecule has 0 aromatic carbocycles. The molecule has 2 fully saturated rings. The van der Waals surface area contributed by atoms with Crippen molar-refractivity contribution in [2.45, 2.75) is 134 Å². The number of carboxylic acid groups (broad SMARTS) is 2. The quantitative estimate of drug-likeness (QED) is 0.0306. The van der Waals surface area contributed by atoms with Crippen LogP contribution >= 0.6 is 23.5 Å². The van der Waals surface area contributed by atoms with E-state index in [1.54, 1.807) is 23.5 Å². The number of amides is 2. The molecule has 0 aromatic rings. The molecule has 0 saturated heterocycles. The van der Waals surface area contributed by atoms with Gasteiger partial charge >= 0.3 is 11.9 Å². The minimum absolute atomic E-state index is 0.141. The Labute approximate surface area is 354 Å². The number of hydrogen-bond donors (Lipinski definition) is 10. The van der Waals surface area contributed by atoms with Crippen molar-refractivity contribution in [3.05, 3.63) is 0 Å². The second kappa shape index (κ2) is 26.3. The first-order valence-electron chi connectivity index (χ1n) is 21.1. The summed E-state index contributed by atoms with van der Waals surface area (Å²) in [6.07, 6.45) is 5.56. The number of hydrogen-bond acceptors (Lipinski definition) is 10. The number of rotatable bonds is 28. The summed E-state index contributed by atoms with van der Waals surface area (Å²) >= 11 is 3.11.